The van der Waals surface area contributed by atoms with Gasteiger partial charge < -0.3 is 20.3 Å². The number of likely N-dealkylation sites (tertiary alicyclic amines) is 2. The third kappa shape index (κ3) is 6.75. The summed E-state index contributed by atoms with van der Waals surface area (Å²) in [5.74, 6) is 0.645. The van der Waals surface area contributed by atoms with Gasteiger partial charge >= 0.3 is 0 Å². The molecule has 3 unspecified atom stereocenters. The number of carbonyl (C=O) groups excluding carboxylic acids is 1. The summed E-state index contributed by atoms with van der Waals surface area (Å²) in [6.07, 6.45) is 6.32. The lowest BCUT2D eigenvalue weighted by molar-refractivity contribution is -0.135. The van der Waals surface area contributed by atoms with Crippen LogP contribution in [0, 0.1) is 5.92 Å². The van der Waals surface area contributed by atoms with Gasteiger partial charge in [-0.15, -0.1) is 24.8 Å². The summed E-state index contributed by atoms with van der Waals surface area (Å²) < 4.78 is 5.00. The van der Waals surface area contributed by atoms with E-state index in [1.165, 1.54) is 32.2 Å². The van der Waals surface area contributed by atoms with E-state index < -0.39 is 6.04 Å². The minimum Gasteiger partial charge on any atom is -0.383 e. The Bertz CT molecular complexity index is 347. The topological polar surface area (TPSA) is 58.8 Å². The van der Waals surface area contributed by atoms with E-state index in [1.54, 1.807) is 7.11 Å². The van der Waals surface area contributed by atoms with Gasteiger partial charge in [-0.2, -0.15) is 0 Å². The molecular formula is C16H33Cl2N3O2. The number of methoxy groups -OCH3 is 1. The van der Waals surface area contributed by atoms with Gasteiger partial charge in [0.2, 0.25) is 5.91 Å². The number of amides is 1. The third-order valence-electron chi connectivity index (χ3n) is 4.93. The maximum Gasteiger partial charge on any atom is 0.241 e. The summed E-state index contributed by atoms with van der Waals surface area (Å²) in [7, 11) is 1.59. The van der Waals surface area contributed by atoms with Gasteiger partial charge in [-0.25, -0.2) is 0 Å². The molecule has 1 amide bonds. The normalized spacial score (nSPS) is 26.8. The van der Waals surface area contributed by atoms with E-state index in [0.717, 1.165) is 26.1 Å². The van der Waals surface area contributed by atoms with Crippen LogP contribution in [0.3, 0.4) is 0 Å². The Hall–Kier alpha value is -0.0700. The highest BCUT2D eigenvalue weighted by molar-refractivity contribution is 5.85. The molecule has 2 aliphatic rings. The number of hydrogen-bond acceptors (Lipinski definition) is 4. The van der Waals surface area contributed by atoms with Crippen molar-refractivity contribution in [2.45, 2.75) is 51.1 Å². The van der Waals surface area contributed by atoms with Crippen molar-refractivity contribution in [3.63, 3.8) is 0 Å². The lowest BCUT2D eigenvalue weighted by Crippen LogP contribution is -2.51. The number of piperidine rings is 2. The first-order chi connectivity index (χ1) is 10.1. The fourth-order valence-corrected chi connectivity index (χ4v) is 3.66. The van der Waals surface area contributed by atoms with Crippen molar-refractivity contribution in [3.05, 3.63) is 0 Å². The van der Waals surface area contributed by atoms with Crippen LogP contribution in [0.5, 0.6) is 0 Å². The Morgan fingerprint density at radius 2 is 1.96 bits per heavy atom. The predicted molar refractivity (Wildman–Crippen MR) is 98.5 cm³/mol. The molecule has 0 aromatic carbocycles. The van der Waals surface area contributed by atoms with Gasteiger partial charge in [-0.05, 0) is 45.1 Å². The van der Waals surface area contributed by atoms with Crippen molar-refractivity contribution < 1.29 is 9.53 Å². The van der Waals surface area contributed by atoms with Gasteiger partial charge in [0.05, 0.1) is 6.61 Å². The van der Waals surface area contributed by atoms with E-state index >= 15 is 0 Å². The van der Waals surface area contributed by atoms with Crippen molar-refractivity contribution in [2.24, 2.45) is 11.7 Å². The van der Waals surface area contributed by atoms with Gasteiger partial charge in [-0.1, -0.05) is 6.42 Å². The van der Waals surface area contributed by atoms with Crippen LogP contribution in [0.2, 0.25) is 0 Å². The van der Waals surface area contributed by atoms with Crippen molar-refractivity contribution in [3.8, 4) is 0 Å². The fourth-order valence-electron chi connectivity index (χ4n) is 3.66. The van der Waals surface area contributed by atoms with Gasteiger partial charge in [0.25, 0.3) is 0 Å². The van der Waals surface area contributed by atoms with Gasteiger partial charge in [0.15, 0.2) is 0 Å². The molecule has 0 spiro atoms. The molecule has 7 heteroatoms. The van der Waals surface area contributed by atoms with Crippen molar-refractivity contribution in [1.82, 2.24) is 9.80 Å². The Morgan fingerprint density at radius 3 is 2.61 bits per heavy atom. The number of rotatable bonds is 5. The predicted octanol–water partition coefficient (Wildman–Crippen LogP) is 1.92. The van der Waals surface area contributed by atoms with E-state index in [4.69, 9.17) is 10.5 Å². The molecule has 2 aliphatic heterocycles. The molecule has 0 aromatic heterocycles. The first kappa shape index (κ1) is 22.9. The van der Waals surface area contributed by atoms with E-state index in [-0.39, 0.29) is 30.7 Å². The monoisotopic (exact) mass is 369 g/mol. The Kier molecular flexibility index (Phi) is 11.4. The van der Waals surface area contributed by atoms with Crippen molar-refractivity contribution >= 4 is 30.7 Å². The Labute approximate surface area is 153 Å². The highest BCUT2D eigenvalue weighted by Crippen LogP contribution is 2.23. The molecule has 0 saturated carbocycles. The van der Waals surface area contributed by atoms with Gasteiger partial charge in [0.1, 0.15) is 6.04 Å². The van der Waals surface area contributed by atoms with Crippen LogP contribution >= 0.6 is 24.8 Å². The number of ether oxygens (including phenoxy) is 1. The maximum absolute atomic E-state index is 12.3. The summed E-state index contributed by atoms with van der Waals surface area (Å²) >= 11 is 0. The molecule has 0 radical (unpaired) electrons. The minimum absolute atomic E-state index is 0. The average molecular weight is 370 g/mol. The molecule has 3 atom stereocenters. The highest BCUT2D eigenvalue weighted by atomic mass is 35.5. The zero-order valence-electron chi connectivity index (χ0n) is 14.4. The molecular weight excluding hydrogens is 337 g/mol. The molecule has 5 nitrogen and oxygen atoms in total. The molecule has 0 aliphatic carbocycles. The molecule has 2 N–H and O–H groups in total. The summed E-state index contributed by atoms with van der Waals surface area (Å²) in [6.45, 7) is 6.70. The molecule has 23 heavy (non-hydrogen) atoms. The second kappa shape index (κ2) is 11.5. The lowest BCUT2D eigenvalue weighted by Gasteiger charge is -2.40. The maximum atomic E-state index is 12.3. The lowest BCUT2D eigenvalue weighted by atomic mass is 9.94. The number of halogens is 2. The number of nitrogens with two attached hydrogens (primary N) is 1. The summed E-state index contributed by atoms with van der Waals surface area (Å²) in [5, 5.41) is 0. The number of nitrogens with zero attached hydrogens (tertiary/aromatic N) is 2. The number of hydrogen-bond donors (Lipinski definition) is 1. The zero-order valence-corrected chi connectivity index (χ0v) is 16.0. The van der Waals surface area contributed by atoms with Crippen LogP contribution in [-0.4, -0.2) is 67.7 Å². The summed E-state index contributed by atoms with van der Waals surface area (Å²) in [5.41, 5.74) is 5.88. The zero-order chi connectivity index (χ0) is 15.2. The number of carbonyl (C=O) groups is 1. The standard InChI is InChI=1S/C16H31N3O2.2ClH/c1-13-6-3-4-8-18(13)10-14-7-5-9-19(11-14)16(20)15(17)12-21-2;;/h13-15H,3-12,17H2,1-2H3;2*1H. The van der Waals surface area contributed by atoms with E-state index in [9.17, 15) is 4.79 Å². The van der Waals surface area contributed by atoms with Crippen LogP contribution in [-0.2, 0) is 9.53 Å². The first-order valence-corrected chi connectivity index (χ1v) is 8.39. The largest absolute Gasteiger partial charge is 0.383 e. The van der Waals surface area contributed by atoms with Crippen LogP contribution in [0.25, 0.3) is 0 Å². The van der Waals surface area contributed by atoms with E-state index in [2.05, 4.69) is 11.8 Å². The van der Waals surface area contributed by atoms with E-state index in [0.29, 0.717) is 18.6 Å². The molecule has 2 fully saturated rings. The van der Waals surface area contributed by atoms with E-state index in [1.807, 2.05) is 4.90 Å². The Balaban J connectivity index is 0.00000242. The average Bonchev–Trinajstić information content (AvgIpc) is 2.49. The van der Waals surface area contributed by atoms with Gasteiger partial charge in [-0.3, -0.25) is 4.79 Å². The Morgan fingerprint density at radius 1 is 1.22 bits per heavy atom. The minimum atomic E-state index is -0.511. The van der Waals surface area contributed by atoms with Crippen molar-refractivity contribution in [2.75, 3.05) is 39.9 Å². The van der Waals surface area contributed by atoms with Crippen LogP contribution in [0.1, 0.15) is 39.0 Å². The highest BCUT2D eigenvalue weighted by Gasteiger charge is 2.29. The molecule has 2 saturated heterocycles. The molecule has 138 valence electrons. The molecule has 2 heterocycles. The fraction of sp³-hybridized carbons (Fsp3) is 0.938. The van der Waals surface area contributed by atoms with Crippen molar-refractivity contribution in [1.29, 1.82) is 0 Å². The van der Waals surface area contributed by atoms with Crippen LogP contribution < -0.4 is 5.73 Å². The molecule has 0 aromatic rings. The third-order valence-corrected chi connectivity index (χ3v) is 4.93. The SMILES string of the molecule is COCC(N)C(=O)N1CCCC(CN2CCCCC2C)C1.Cl.Cl. The van der Waals surface area contributed by atoms with Gasteiger partial charge in [0, 0.05) is 32.8 Å². The molecule has 2 rings (SSSR count). The van der Waals surface area contributed by atoms with Crippen LogP contribution in [0.4, 0.5) is 0 Å². The molecule has 0 bridgehead atoms. The smallest absolute Gasteiger partial charge is 0.241 e. The summed E-state index contributed by atoms with van der Waals surface area (Å²) in [6, 6.07) is 0.184. The van der Waals surface area contributed by atoms with Crippen LogP contribution in [0.15, 0.2) is 0 Å². The second-order valence-corrected chi connectivity index (χ2v) is 6.69. The quantitative estimate of drug-likeness (QED) is 0.803. The summed E-state index contributed by atoms with van der Waals surface area (Å²) in [4.78, 5) is 16.9. The second-order valence-electron chi connectivity index (χ2n) is 6.69. The first-order valence-electron chi connectivity index (χ1n) is 8.39.